The molecule has 1 aliphatic rings. The number of ether oxygens (including phenoxy) is 1. The molecule has 0 aromatic heterocycles. The molecular weight excluding hydrogens is 344 g/mol. The maximum Gasteiger partial charge on any atom is 0.407 e. The van der Waals surface area contributed by atoms with Crippen LogP contribution in [0.3, 0.4) is 0 Å². The van der Waals surface area contributed by atoms with Crippen molar-refractivity contribution in [2.24, 2.45) is 0 Å². The number of nitrogens with zero attached hydrogens (tertiary/aromatic N) is 1. The number of alkyl carbamates (subject to hydrolysis) is 1. The van der Waals surface area contributed by atoms with Gasteiger partial charge in [-0.15, -0.1) is 11.8 Å². The van der Waals surface area contributed by atoms with E-state index in [2.05, 4.69) is 29.4 Å². The summed E-state index contributed by atoms with van der Waals surface area (Å²) in [7, 11) is 2.13. The molecule has 138 valence electrons. The molecule has 0 atom stereocenters. The largest absolute Gasteiger partial charge is 0.445 e. The fraction of sp³-hybridized carbons (Fsp3) is 0.381. The fourth-order valence-electron chi connectivity index (χ4n) is 3.07. The van der Waals surface area contributed by atoms with Gasteiger partial charge in [0.15, 0.2) is 0 Å². The van der Waals surface area contributed by atoms with E-state index in [1.54, 1.807) is 11.8 Å². The SMILES string of the molecule is CN1CCC(CSc2ccccc2)(NC(=O)OCc2ccccc2)CC1. The van der Waals surface area contributed by atoms with Crippen LogP contribution in [0.15, 0.2) is 65.6 Å². The summed E-state index contributed by atoms with van der Waals surface area (Å²) in [4.78, 5) is 16.0. The van der Waals surface area contributed by atoms with Gasteiger partial charge in [0.25, 0.3) is 0 Å². The van der Waals surface area contributed by atoms with E-state index in [4.69, 9.17) is 4.74 Å². The van der Waals surface area contributed by atoms with Gasteiger partial charge >= 0.3 is 6.09 Å². The highest BCUT2D eigenvalue weighted by atomic mass is 32.2. The smallest absolute Gasteiger partial charge is 0.407 e. The van der Waals surface area contributed by atoms with E-state index in [1.807, 2.05) is 48.5 Å². The molecule has 5 heteroatoms. The van der Waals surface area contributed by atoms with E-state index in [0.29, 0.717) is 6.61 Å². The van der Waals surface area contributed by atoms with E-state index in [9.17, 15) is 4.79 Å². The van der Waals surface area contributed by atoms with Crippen molar-refractivity contribution in [2.75, 3.05) is 25.9 Å². The van der Waals surface area contributed by atoms with Gasteiger partial charge in [0.05, 0.1) is 5.54 Å². The monoisotopic (exact) mass is 370 g/mol. The van der Waals surface area contributed by atoms with Crippen LogP contribution in [0.1, 0.15) is 18.4 Å². The predicted octanol–water partition coefficient (Wildman–Crippen LogP) is 4.17. The molecule has 0 spiro atoms. The Balaban J connectivity index is 1.59. The third-order valence-electron chi connectivity index (χ3n) is 4.78. The fourth-order valence-corrected chi connectivity index (χ4v) is 4.22. The summed E-state index contributed by atoms with van der Waals surface area (Å²) in [6, 6.07) is 20.1. The first-order chi connectivity index (χ1) is 12.7. The van der Waals surface area contributed by atoms with Gasteiger partial charge in [-0.1, -0.05) is 48.5 Å². The van der Waals surface area contributed by atoms with Crippen LogP contribution in [0.25, 0.3) is 0 Å². The van der Waals surface area contributed by atoms with E-state index in [1.165, 1.54) is 4.90 Å². The maximum absolute atomic E-state index is 12.4. The van der Waals surface area contributed by atoms with Gasteiger partial charge in [-0.2, -0.15) is 0 Å². The number of thioether (sulfide) groups is 1. The first-order valence-corrected chi connectivity index (χ1v) is 9.99. The van der Waals surface area contributed by atoms with Crippen molar-refractivity contribution in [2.45, 2.75) is 29.9 Å². The number of carbonyl (C=O) groups is 1. The summed E-state index contributed by atoms with van der Waals surface area (Å²) < 4.78 is 5.46. The number of likely N-dealkylation sites (tertiary alicyclic amines) is 1. The van der Waals surface area contributed by atoms with Gasteiger partial charge in [-0.05, 0) is 37.6 Å². The highest BCUT2D eigenvalue weighted by molar-refractivity contribution is 7.99. The first kappa shape index (κ1) is 18.8. The number of hydrogen-bond acceptors (Lipinski definition) is 4. The van der Waals surface area contributed by atoms with Gasteiger partial charge in [0.1, 0.15) is 6.61 Å². The molecule has 4 nitrogen and oxygen atoms in total. The molecule has 1 fully saturated rings. The molecule has 0 saturated carbocycles. The highest BCUT2D eigenvalue weighted by Gasteiger charge is 2.35. The minimum absolute atomic E-state index is 0.221. The lowest BCUT2D eigenvalue weighted by Gasteiger charge is -2.40. The van der Waals surface area contributed by atoms with Gasteiger partial charge < -0.3 is 15.0 Å². The quantitative estimate of drug-likeness (QED) is 0.775. The number of carbonyl (C=O) groups excluding carboxylic acids is 1. The molecule has 1 saturated heterocycles. The standard InChI is InChI=1S/C21H26N2O2S/c1-23-14-12-21(13-15-23,17-26-19-10-6-3-7-11-19)22-20(24)25-16-18-8-4-2-5-9-18/h2-11H,12-17H2,1H3,(H,22,24). The number of amides is 1. The third kappa shape index (κ3) is 5.51. The molecule has 0 aliphatic carbocycles. The molecule has 0 bridgehead atoms. The first-order valence-electron chi connectivity index (χ1n) is 9.00. The van der Waals surface area contributed by atoms with Crippen LogP contribution in [0.2, 0.25) is 0 Å². The van der Waals surface area contributed by atoms with Crippen LogP contribution in [-0.4, -0.2) is 42.4 Å². The second-order valence-electron chi connectivity index (χ2n) is 6.87. The molecule has 3 rings (SSSR count). The Bertz CT molecular complexity index is 686. The number of benzene rings is 2. The third-order valence-corrected chi connectivity index (χ3v) is 6.08. The minimum Gasteiger partial charge on any atom is -0.445 e. The summed E-state index contributed by atoms with van der Waals surface area (Å²) >= 11 is 1.79. The number of hydrogen-bond donors (Lipinski definition) is 1. The summed E-state index contributed by atoms with van der Waals surface area (Å²) in [5.74, 6) is 0.852. The summed E-state index contributed by atoms with van der Waals surface area (Å²) in [5, 5.41) is 3.18. The van der Waals surface area contributed by atoms with Crippen molar-refractivity contribution in [3.05, 3.63) is 66.2 Å². The van der Waals surface area contributed by atoms with Crippen LogP contribution in [0, 0.1) is 0 Å². The second kappa shape index (κ2) is 9.10. The Hall–Kier alpha value is -1.98. The summed E-state index contributed by atoms with van der Waals surface area (Å²) in [6.45, 7) is 2.26. The second-order valence-corrected chi connectivity index (χ2v) is 7.92. The van der Waals surface area contributed by atoms with Gasteiger partial charge in [-0.3, -0.25) is 0 Å². The van der Waals surface area contributed by atoms with Crippen molar-refractivity contribution >= 4 is 17.9 Å². The number of piperidine rings is 1. The summed E-state index contributed by atoms with van der Waals surface area (Å²) in [5.41, 5.74) is 0.777. The van der Waals surface area contributed by atoms with E-state index < -0.39 is 0 Å². The Morgan fingerprint density at radius 1 is 1.08 bits per heavy atom. The van der Waals surface area contributed by atoms with E-state index >= 15 is 0 Å². The van der Waals surface area contributed by atoms with Gasteiger partial charge in [0, 0.05) is 23.7 Å². The average molecular weight is 371 g/mol. The molecule has 2 aromatic carbocycles. The van der Waals surface area contributed by atoms with Crippen molar-refractivity contribution in [3.8, 4) is 0 Å². The lowest BCUT2D eigenvalue weighted by atomic mass is 9.90. The lowest BCUT2D eigenvalue weighted by molar-refractivity contribution is 0.112. The Kier molecular flexibility index (Phi) is 6.58. The Morgan fingerprint density at radius 3 is 2.35 bits per heavy atom. The van der Waals surface area contributed by atoms with Crippen LogP contribution in [0.4, 0.5) is 4.79 Å². The van der Waals surface area contributed by atoms with Gasteiger partial charge in [0.2, 0.25) is 0 Å². The molecule has 0 unspecified atom stereocenters. The molecule has 26 heavy (non-hydrogen) atoms. The van der Waals surface area contributed by atoms with Crippen molar-refractivity contribution in [1.82, 2.24) is 10.2 Å². The van der Waals surface area contributed by atoms with Crippen molar-refractivity contribution in [1.29, 1.82) is 0 Å². The lowest BCUT2D eigenvalue weighted by Crippen LogP contribution is -2.56. The zero-order valence-corrected chi connectivity index (χ0v) is 16.0. The molecule has 2 aromatic rings. The minimum atomic E-state index is -0.327. The average Bonchev–Trinajstić information content (AvgIpc) is 2.69. The molecule has 1 amide bonds. The zero-order chi connectivity index (χ0) is 18.2. The number of nitrogens with one attached hydrogen (secondary N) is 1. The van der Waals surface area contributed by atoms with Crippen LogP contribution in [0.5, 0.6) is 0 Å². The van der Waals surface area contributed by atoms with Crippen LogP contribution < -0.4 is 5.32 Å². The number of rotatable bonds is 6. The molecular formula is C21H26N2O2S. The normalized spacial score (nSPS) is 16.8. The van der Waals surface area contributed by atoms with Gasteiger partial charge in [-0.25, -0.2) is 4.79 Å². The summed E-state index contributed by atoms with van der Waals surface area (Å²) in [6.07, 6.45) is 1.54. The van der Waals surface area contributed by atoms with Crippen LogP contribution in [-0.2, 0) is 11.3 Å². The molecule has 1 aliphatic heterocycles. The molecule has 1 heterocycles. The topological polar surface area (TPSA) is 41.6 Å². The molecule has 0 radical (unpaired) electrons. The maximum atomic E-state index is 12.4. The van der Waals surface area contributed by atoms with E-state index in [-0.39, 0.29) is 11.6 Å². The van der Waals surface area contributed by atoms with Crippen molar-refractivity contribution < 1.29 is 9.53 Å². The Labute approximate surface area is 159 Å². The molecule has 1 N–H and O–H groups in total. The van der Waals surface area contributed by atoms with E-state index in [0.717, 1.165) is 37.2 Å². The predicted molar refractivity (Wildman–Crippen MR) is 106 cm³/mol. The van der Waals surface area contributed by atoms with Crippen LogP contribution >= 0.6 is 11.8 Å². The van der Waals surface area contributed by atoms with Crippen molar-refractivity contribution in [3.63, 3.8) is 0 Å². The zero-order valence-electron chi connectivity index (χ0n) is 15.2. The Morgan fingerprint density at radius 2 is 1.69 bits per heavy atom. The highest BCUT2D eigenvalue weighted by Crippen LogP contribution is 2.30.